The summed E-state index contributed by atoms with van der Waals surface area (Å²) in [7, 11) is 1.49. The Bertz CT molecular complexity index is 823. The number of hydrogen-bond acceptors (Lipinski definition) is 4. The zero-order chi connectivity index (χ0) is 20.7. The van der Waals surface area contributed by atoms with Crippen molar-refractivity contribution in [2.24, 2.45) is 0 Å². The lowest BCUT2D eigenvalue weighted by atomic mass is 10.1. The lowest BCUT2D eigenvalue weighted by Gasteiger charge is -2.22. The normalized spacial score (nSPS) is 11.0. The van der Waals surface area contributed by atoms with Crippen LogP contribution in [0.5, 0.6) is 5.75 Å². The second-order valence-corrected chi connectivity index (χ2v) is 5.92. The Kier molecular flexibility index (Phi) is 6.86. The molecule has 0 spiro atoms. The first-order valence-corrected chi connectivity index (χ1v) is 8.22. The van der Waals surface area contributed by atoms with Crippen molar-refractivity contribution >= 4 is 17.6 Å². The Balaban J connectivity index is 2.02. The third-order valence-electron chi connectivity index (χ3n) is 3.84. The number of anilines is 1. The fourth-order valence-electron chi connectivity index (χ4n) is 2.48. The van der Waals surface area contributed by atoms with Gasteiger partial charge in [-0.3, -0.25) is 9.59 Å². The summed E-state index contributed by atoms with van der Waals surface area (Å²) < 4.78 is 43.3. The van der Waals surface area contributed by atoms with Gasteiger partial charge in [0.2, 0.25) is 5.91 Å². The van der Waals surface area contributed by atoms with E-state index >= 15 is 0 Å². The van der Waals surface area contributed by atoms with Gasteiger partial charge in [-0.25, -0.2) is 0 Å². The van der Waals surface area contributed by atoms with Crippen molar-refractivity contribution < 1.29 is 32.6 Å². The molecule has 0 aliphatic heterocycles. The molecule has 150 valence electrons. The van der Waals surface area contributed by atoms with Crippen molar-refractivity contribution in [2.75, 3.05) is 25.1 Å². The number of benzene rings is 2. The van der Waals surface area contributed by atoms with Crippen molar-refractivity contribution in [1.82, 2.24) is 5.32 Å². The Morgan fingerprint density at radius 2 is 1.79 bits per heavy atom. The molecular weight excluding hydrogens is 377 g/mol. The summed E-state index contributed by atoms with van der Waals surface area (Å²) in [6.45, 7) is -0.785. The van der Waals surface area contributed by atoms with Gasteiger partial charge >= 0.3 is 12.1 Å². The number of rotatable bonds is 8. The molecule has 2 N–H and O–H groups in total. The van der Waals surface area contributed by atoms with Crippen LogP contribution in [0, 0.1) is 0 Å². The van der Waals surface area contributed by atoms with Crippen LogP contribution in [0.1, 0.15) is 11.1 Å². The fourth-order valence-corrected chi connectivity index (χ4v) is 2.48. The van der Waals surface area contributed by atoms with E-state index in [1.807, 2.05) is 0 Å². The molecular formula is C19H19F3N2O4. The molecule has 6 nitrogen and oxygen atoms in total. The van der Waals surface area contributed by atoms with Crippen LogP contribution in [0.3, 0.4) is 0 Å². The summed E-state index contributed by atoms with van der Waals surface area (Å²) >= 11 is 0. The molecule has 9 heteroatoms. The first kappa shape index (κ1) is 21.1. The van der Waals surface area contributed by atoms with Crippen LogP contribution >= 0.6 is 0 Å². The number of carbonyl (C=O) groups is 2. The maximum Gasteiger partial charge on any atom is 0.416 e. The monoisotopic (exact) mass is 396 g/mol. The van der Waals surface area contributed by atoms with Crippen LogP contribution in [0.2, 0.25) is 0 Å². The van der Waals surface area contributed by atoms with Gasteiger partial charge in [0.25, 0.3) is 0 Å². The number of halogens is 3. The number of amides is 1. The molecule has 0 bridgehead atoms. The molecule has 2 aromatic carbocycles. The molecule has 1 amide bonds. The molecule has 28 heavy (non-hydrogen) atoms. The predicted molar refractivity (Wildman–Crippen MR) is 96.1 cm³/mol. The van der Waals surface area contributed by atoms with E-state index in [1.165, 1.54) is 24.1 Å². The van der Waals surface area contributed by atoms with Crippen molar-refractivity contribution in [3.05, 3.63) is 59.7 Å². The standard InChI is InChI=1S/C19H19F3N2O4/c1-28-16-7-5-15(6-8-16)24(12-18(26)27)11-17(25)23-10-13-3-2-4-14(9-13)19(20,21)22/h2-9H,10-12H2,1H3,(H,23,25)(H,26,27). The SMILES string of the molecule is COc1ccc(N(CC(=O)O)CC(=O)NCc2cccc(C(F)(F)F)c2)cc1. The van der Waals surface area contributed by atoms with Gasteiger partial charge in [-0.15, -0.1) is 0 Å². The van der Waals surface area contributed by atoms with Gasteiger partial charge in [-0.1, -0.05) is 12.1 Å². The smallest absolute Gasteiger partial charge is 0.416 e. The van der Waals surface area contributed by atoms with E-state index in [4.69, 9.17) is 9.84 Å². The zero-order valence-corrected chi connectivity index (χ0v) is 15.0. The number of hydrogen-bond donors (Lipinski definition) is 2. The van der Waals surface area contributed by atoms with Gasteiger partial charge in [-0.2, -0.15) is 13.2 Å². The topological polar surface area (TPSA) is 78.9 Å². The van der Waals surface area contributed by atoms with Crippen molar-refractivity contribution in [2.45, 2.75) is 12.7 Å². The van der Waals surface area contributed by atoms with E-state index < -0.39 is 30.2 Å². The summed E-state index contributed by atoms with van der Waals surface area (Å²) in [6, 6.07) is 11.1. The highest BCUT2D eigenvalue weighted by Crippen LogP contribution is 2.29. The largest absolute Gasteiger partial charge is 0.497 e. The van der Waals surface area contributed by atoms with Crippen molar-refractivity contribution in [1.29, 1.82) is 0 Å². The molecule has 0 aliphatic rings. The quantitative estimate of drug-likeness (QED) is 0.717. The van der Waals surface area contributed by atoms with Gasteiger partial charge in [-0.05, 0) is 42.0 Å². The molecule has 0 radical (unpaired) electrons. The maximum atomic E-state index is 12.7. The van der Waals surface area contributed by atoms with Gasteiger partial charge in [0, 0.05) is 12.2 Å². The Morgan fingerprint density at radius 3 is 2.36 bits per heavy atom. The molecule has 0 aliphatic carbocycles. The first-order valence-electron chi connectivity index (χ1n) is 8.22. The van der Waals surface area contributed by atoms with Gasteiger partial charge in [0.05, 0.1) is 19.2 Å². The number of ether oxygens (including phenoxy) is 1. The van der Waals surface area contributed by atoms with E-state index in [0.29, 0.717) is 11.4 Å². The molecule has 0 atom stereocenters. The van der Waals surface area contributed by atoms with Crippen LogP contribution in [-0.2, 0) is 22.3 Å². The number of nitrogens with zero attached hydrogens (tertiary/aromatic N) is 1. The highest BCUT2D eigenvalue weighted by molar-refractivity contribution is 5.84. The number of carbonyl (C=O) groups excluding carboxylic acids is 1. The molecule has 0 heterocycles. The second kappa shape index (κ2) is 9.12. The van der Waals surface area contributed by atoms with Crippen molar-refractivity contribution in [3.8, 4) is 5.75 Å². The van der Waals surface area contributed by atoms with E-state index in [9.17, 15) is 22.8 Å². The van der Waals surface area contributed by atoms with E-state index in [0.717, 1.165) is 12.1 Å². The van der Waals surface area contributed by atoms with Crippen LogP contribution in [-0.4, -0.2) is 37.2 Å². The first-order chi connectivity index (χ1) is 13.2. The lowest BCUT2D eigenvalue weighted by molar-refractivity contribution is -0.138. The van der Waals surface area contributed by atoms with Crippen LogP contribution in [0.15, 0.2) is 48.5 Å². The third kappa shape index (κ3) is 6.19. The Morgan fingerprint density at radius 1 is 1.11 bits per heavy atom. The molecule has 2 aromatic rings. The summed E-state index contributed by atoms with van der Waals surface area (Å²) in [5.41, 5.74) is -0.0141. The van der Waals surface area contributed by atoms with E-state index in [-0.39, 0.29) is 18.7 Å². The number of aliphatic carboxylic acids is 1. The molecule has 0 saturated heterocycles. The van der Waals surface area contributed by atoms with Crippen LogP contribution < -0.4 is 15.0 Å². The van der Waals surface area contributed by atoms with Crippen LogP contribution in [0.25, 0.3) is 0 Å². The minimum Gasteiger partial charge on any atom is -0.497 e. The van der Waals surface area contributed by atoms with Gasteiger partial charge < -0.3 is 20.1 Å². The molecule has 2 rings (SSSR count). The highest BCUT2D eigenvalue weighted by atomic mass is 19.4. The molecule has 0 fully saturated rings. The minimum atomic E-state index is -4.47. The van der Waals surface area contributed by atoms with Crippen molar-refractivity contribution in [3.63, 3.8) is 0 Å². The van der Waals surface area contributed by atoms with Gasteiger partial charge in [0.1, 0.15) is 12.3 Å². The molecule has 0 saturated carbocycles. The number of methoxy groups -OCH3 is 1. The lowest BCUT2D eigenvalue weighted by Crippen LogP contribution is -2.39. The average molecular weight is 396 g/mol. The third-order valence-corrected chi connectivity index (χ3v) is 3.84. The number of nitrogens with one attached hydrogen (secondary N) is 1. The van der Waals surface area contributed by atoms with E-state index in [2.05, 4.69) is 5.32 Å². The number of carboxylic acids is 1. The number of carboxylic acid groups (broad SMARTS) is 1. The maximum absolute atomic E-state index is 12.7. The summed E-state index contributed by atoms with van der Waals surface area (Å²) in [6.07, 6.45) is -4.47. The zero-order valence-electron chi connectivity index (χ0n) is 15.0. The summed E-state index contributed by atoms with van der Waals surface area (Å²) in [5, 5.41) is 11.6. The fraction of sp³-hybridized carbons (Fsp3) is 0.263. The predicted octanol–water partition coefficient (Wildman–Crippen LogP) is 2.92. The Labute approximate surface area is 159 Å². The Hall–Kier alpha value is -3.23. The average Bonchev–Trinajstić information content (AvgIpc) is 2.65. The second-order valence-electron chi connectivity index (χ2n) is 5.92. The summed E-state index contributed by atoms with van der Waals surface area (Å²) in [5.74, 6) is -1.07. The summed E-state index contributed by atoms with van der Waals surface area (Å²) in [4.78, 5) is 24.6. The number of alkyl halides is 3. The van der Waals surface area contributed by atoms with Gasteiger partial charge in [0.15, 0.2) is 0 Å². The highest BCUT2D eigenvalue weighted by Gasteiger charge is 2.30. The minimum absolute atomic E-state index is 0.105. The van der Waals surface area contributed by atoms with E-state index in [1.54, 1.807) is 24.3 Å². The molecule has 0 unspecified atom stereocenters. The molecule has 0 aromatic heterocycles. The van der Waals surface area contributed by atoms with Crippen LogP contribution in [0.4, 0.5) is 18.9 Å².